The van der Waals surface area contributed by atoms with Crippen LogP contribution in [0.3, 0.4) is 0 Å². The average molecular weight is 299 g/mol. The zero-order valence-electron chi connectivity index (χ0n) is 13.5. The molecule has 0 spiro atoms. The van der Waals surface area contributed by atoms with Gasteiger partial charge in [0.05, 0.1) is 5.69 Å². The van der Waals surface area contributed by atoms with Crippen LogP contribution in [0.2, 0.25) is 0 Å². The molecular weight excluding hydrogens is 274 g/mol. The lowest BCUT2D eigenvalue weighted by molar-refractivity contribution is 0.180. The standard InChI is InChI=1S/C17H25N5/c1-13-16(12-21-9-6-15(11-18)7-10-21)14(2)22(20-13)17-5-3-4-8-19-17/h3-5,8,15H,6-7,9-12,18H2,1-2H3. The predicted molar refractivity (Wildman–Crippen MR) is 87.9 cm³/mol. The van der Waals surface area contributed by atoms with Crippen molar-refractivity contribution in [3.8, 4) is 5.82 Å². The quantitative estimate of drug-likeness (QED) is 0.938. The second-order valence-corrected chi connectivity index (χ2v) is 6.20. The van der Waals surface area contributed by atoms with Gasteiger partial charge in [0, 0.05) is 24.0 Å². The molecule has 3 heterocycles. The monoisotopic (exact) mass is 299 g/mol. The predicted octanol–water partition coefficient (Wildman–Crippen LogP) is 2.05. The van der Waals surface area contributed by atoms with Crippen molar-refractivity contribution in [2.75, 3.05) is 19.6 Å². The lowest BCUT2D eigenvalue weighted by atomic mass is 9.96. The summed E-state index contributed by atoms with van der Waals surface area (Å²) in [4.78, 5) is 6.92. The third-order valence-corrected chi connectivity index (χ3v) is 4.73. The third kappa shape index (κ3) is 3.05. The van der Waals surface area contributed by atoms with E-state index in [1.807, 2.05) is 29.1 Å². The van der Waals surface area contributed by atoms with Gasteiger partial charge in [-0.2, -0.15) is 5.10 Å². The molecule has 2 aromatic rings. The topological polar surface area (TPSA) is 60.0 Å². The van der Waals surface area contributed by atoms with Gasteiger partial charge in [-0.05, 0) is 64.4 Å². The van der Waals surface area contributed by atoms with E-state index in [1.165, 1.54) is 24.1 Å². The van der Waals surface area contributed by atoms with Crippen LogP contribution in [0.1, 0.15) is 29.8 Å². The molecular formula is C17H25N5. The summed E-state index contributed by atoms with van der Waals surface area (Å²) in [6, 6.07) is 5.92. The smallest absolute Gasteiger partial charge is 0.153 e. The summed E-state index contributed by atoms with van der Waals surface area (Å²) >= 11 is 0. The molecule has 1 aliphatic heterocycles. The van der Waals surface area contributed by atoms with Crippen LogP contribution in [0.5, 0.6) is 0 Å². The van der Waals surface area contributed by atoms with E-state index < -0.39 is 0 Å². The van der Waals surface area contributed by atoms with E-state index in [0.717, 1.165) is 37.7 Å². The van der Waals surface area contributed by atoms with Crippen LogP contribution in [0, 0.1) is 19.8 Å². The Bertz CT molecular complexity index is 611. The average Bonchev–Trinajstić information content (AvgIpc) is 2.84. The number of nitrogens with two attached hydrogens (primary N) is 1. The minimum atomic E-state index is 0.703. The number of nitrogens with zero attached hydrogens (tertiary/aromatic N) is 4. The Morgan fingerprint density at radius 3 is 2.64 bits per heavy atom. The van der Waals surface area contributed by atoms with Gasteiger partial charge in [-0.3, -0.25) is 4.90 Å². The van der Waals surface area contributed by atoms with Gasteiger partial charge in [-0.15, -0.1) is 0 Å². The molecule has 0 radical (unpaired) electrons. The molecule has 0 saturated carbocycles. The van der Waals surface area contributed by atoms with E-state index in [2.05, 4.69) is 28.8 Å². The summed E-state index contributed by atoms with van der Waals surface area (Å²) in [5.74, 6) is 1.59. The molecule has 118 valence electrons. The Morgan fingerprint density at radius 2 is 2.00 bits per heavy atom. The van der Waals surface area contributed by atoms with Crippen molar-refractivity contribution >= 4 is 0 Å². The minimum Gasteiger partial charge on any atom is -0.330 e. The van der Waals surface area contributed by atoms with E-state index >= 15 is 0 Å². The molecule has 5 nitrogen and oxygen atoms in total. The van der Waals surface area contributed by atoms with E-state index in [0.29, 0.717) is 5.92 Å². The number of hydrogen-bond acceptors (Lipinski definition) is 4. The van der Waals surface area contributed by atoms with E-state index in [-0.39, 0.29) is 0 Å². The van der Waals surface area contributed by atoms with Crippen molar-refractivity contribution in [3.05, 3.63) is 41.3 Å². The summed E-state index contributed by atoms with van der Waals surface area (Å²) < 4.78 is 1.96. The Hall–Kier alpha value is -1.72. The van der Waals surface area contributed by atoms with Gasteiger partial charge in [0.15, 0.2) is 5.82 Å². The molecule has 2 aromatic heterocycles. The first kappa shape index (κ1) is 15.2. The highest BCUT2D eigenvalue weighted by molar-refractivity contribution is 5.32. The molecule has 5 heteroatoms. The highest BCUT2D eigenvalue weighted by atomic mass is 15.3. The van der Waals surface area contributed by atoms with E-state index in [4.69, 9.17) is 5.73 Å². The van der Waals surface area contributed by atoms with Gasteiger partial charge in [0.2, 0.25) is 0 Å². The highest BCUT2D eigenvalue weighted by Gasteiger charge is 2.21. The summed E-state index contributed by atoms with van der Waals surface area (Å²) in [5.41, 5.74) is 9.40. The van der Waals surface area contributed by atoms with Crippen LogP contribution in [0.25, 0.3) is 5.82 Å². The van der Waals surface area contributed by atoms with Gasteiger partial charge >= 0.3 is 0 Å². The number of rotatable bonds is 4. The Kier molecular flexibility index (Phi) is 4.55. The normalized spacial score (nSPS) is 17.0. The Morgan fingerprint density at radius 1 is 1.23 bits per heavy atom. The third-order valence-electron chi connectivity index (χ3n) is 4.73. The summed E-state index contributed by atoms with van der Waals surface area (Å²) in [5, 5.41) is 4.68. The number of pyridine rings is 1. The molecule has 0 bridgehead atoms. The molecule has 0 amide bonds. The van der Waals surface area contributed by atoms with E-state index in [9.17, 15) is 0 Å². The van der Waals surface area contributed by atoms with Gasteiger partial charge in [0.1, 0.15) is 0 Å². The molecule has 2 N–H and O–H groups in total. The number of likely N-dealkylation sites (tertiary alicyclic amines) is 1. The van der Waals surface area contributed by atoms with Crippen molar-refractivity contribution in [2.45, 2.75) is 33.2 Å². The van der Waals surface area contributed by atoms with Crippen molar-refractivity contribution in [3.63, 3.8) is 0 Å². The molecule has 0 aromatic carbocycles. The maximum Gasteiger partial charge on any atom is 0.153 e. The summed E-state index contributed by atoms with van der Waals surface area (Å²) in [6.07, 6.45) is 4.23. The van der Waals surface area contributed by atoms with E-state index in [1.54, 1.807) is 0 Å². The second-order valence-electron chi connectivity index (χ2n) is 6.20. The largest absolute Gasteiger partial charge is 0.330 e. The van der Waals surface area contributed by atoms with Gasteiger partial charge in [-0.25, -0.2) is 9.67 Å². The van der Waals surface area contributed by atoms with Gasteiger partial charge < -0.3 is 5.73 Å². The maximum absolute atomic E-state index is 5.78. The molecule has 0 aliphatic carbocycles. The van der Waals surface area contributed by atoms with Crippen LogP contribution in [0.15, 0.2) is 24.4 Å². The molecule has 1 aliphatic rings. The maximum atomic E-state index is 5.78. The van der Waals surface area contributed by atoms with Crippen molar-refractivity contribution in [2.24, 2.45) is 11.7 Å². The second kappa shape index (κ2) is 6.58. The SMILES string of the molecule is Cc1nn(-c2ccccn2)c(C)c1CN1CCC(CN)CC1. The Labute approximate surface area is 132 Å². The fourth-order valence-corrected chi connectivity index (χ4v) is 3.21. The molecule has 0 unspecified atom stereocenters. The zero-order chi connectivity index (χ0) is 15.5. The first-order valence-corrected chi connectivity index (χ1v) is 8.08. The molecule has 0 atom stereocenters. The summed E-state index contributed by atoms with van der Waals surface area (Å²) in [7, 11) is 0. The van der Waals surface area contributed by atoms with Crippen LogP contribution in [-0.2, 0) is 6.54 Å². The number of hydrogen-bond donors (Lipinski definition) is 1. The molecule has 3 rings (SSSR count). The number of piperidine rings is 1. The fraction of sp³-hybridized carbons (Fsp3) is 0.529. The lowest BCUT2D eigenvalue weighted by Gasteiger charge is -2.31. The van der Waals surface area contributed by atoms with Gasteiger partial charge in [-0.1, -0.05) is 6.07 Å². The van der Waals surface area contributed by atoms with Crippen LogP contribution < -0.4 is 5.73 Å². The first-order valence-electron chi connectivity index (χ1n) is 8.08. The fourth-order valence-electron chi connectivity index (χ4n) is 3.21. The number of aromatic nitrogens is 3. The Balaban J connectivity index is 1.76. The number of aryl methyl sites for hydroxylation is 1. The van der Waals surface area contributed by atoms with Crippen molar-refractivity contribution in [1.82, 2.24) is 19.7 Å². The zero-order valence-corrected chi connectivity index (χ0v) is 13.5. The van der Waals surface area contributed by atoms with Crippen molar-refractivity contribution in [1.29, 1.82) is 0 Å². The van der Waals surface area contributed by atoms with Crippen LogP contribution in [0.4, 0.5) is 0 Å². The summed E-state index contributed by atoms with van der Waals surface area (Å²) in [6.45, 7) is 8.29. The van der Waals surface area contributed by atoms with Gasteiger partial charge in [0.25, 0.3) is 0 Å². The van der Waals surface area contributed by atoms with Crippen LogP contribution in [-0.4, -0.2) is 39.3 Å². The lowest BCUT2D eigenvalue weighted by Crippen LogP contribution is -2.35. The minimum absolute atomic E-state index is 0.703. The molecule has 1 saturated heterocycles. The first-order chi connectivity index (χ1) is 10.7. The molecule has 22 heavy (non-hydrogen) atoms. The van der Waals surface area contributed by atoms with Crippen LogP contribution >= 0.6 is 0 Å². The highest BCUT2D eigenvalue weighted by Crippen LogP contribution is 2.22. The molecule has 1 fully saturated rings. The van der Waals surface area contributed by atoms with Crippen molar-refractivity contribution < 1.29 is 0 Å².